The van der Waals surface area contributed by atoms with E-state index in [1.165, 1.54) is 6.33 Å². The van der Waals surface area contributed by atoms with Crippen LogP contribution in [0.5, 0.6) is 0 Å². The first kappa shape index (κ1) is 6.60. The summed E-state index contributed by atoms with van der Waals surface area (Å²) in [5, 5.41) is 17.7. The molecule has 1 rings (SSSR count). The van der Waals surface area contributed by atoms with E-state index in [-0.39, 0.29) is 5.49 Å². The summed E-state index contributed by atoms with van der Waals surface area (Å²) < 4.78 is 1.14. The zero-order chi connectivity index (χ0) is 7.56. The minimum Gasteiger partial charge on any atom is -0.289 e. The third-order valence-corrected chi connectivity index (χ3v) is 1.12. The van der Waals surface area contributed by atoms with Crippen molar-refractivity contribution in [3.63, 3.8) is 0 Å². The second-order valence-electron chi connectivity index (χ2n) is 1.77. The molecule has 2 N–H and O–H groups in total. The molecule has 0 saturated heterocycles. The number of hydrogen-bond donors (Lipinski definition) is 2. The first-order valence-electron chi connectivity index (χ1n) is 2.71. The molecule has 0 amide bonds. The lowest BCUT2D eigenvalue weighted by molar-refractivity contribution is 0.773. The highest BCUT2D eigenvalue weighted by Crippen LogP contribution is 1.73. The van der Waals surface area contributed by atoms with Gasteiger partial charge in [0.25, 0.3) is 0 Å². The van der Waals surface area contributed by atoms with E-state index >= 15 is 0 Å². The Balaban J connectivity index is 3.42. The minimum absolute atomic E-state index is 0.150. The van der Waals surface area contributed by atoms with Crippen LogP contribution in [0.4, 0.5) is 0 Å². The first-order chi connectivity index (χ1) is 4.75. The number of nitrogens with zero attached hydrogens (tertiary/aromatic N) is 3. The van der Waals surface area contributed by atoms with Crippen molar-refractivity contribution in [1.82, 2.24) is 14.8 Å². The van der Waals surface area contributed by atoms with Crippen LogP contribution in [-0.2, 0) is 0 Å². The summed E-state index contributed by atoms with van der Waals surface area (Å²) >= 11 is 0. The molecule has 0 atom stereocenters. The monoisotopic (exact) mass is 137 g/mol. The maximum absolute atomic E-state index is 7.28. The summed E-state index contributed by atoms with van der Waals surface area (Å²) in [6.45, 7) is 1.70. The van der Waals surface area contributed by atoms with Crippen molar-refractivity contribution in [2.75, 3.05) is 0 Å². The molecule has 0 aliphatic rings. The van der Waals surface area contributed by atoms with Crippen LogP contribution >= 0.6 is 0 Å². The maximum Gasteiger partial charge on any atom is 0.169 e. The summed E-state index contributed by atoms with van der Waals surface area (Å²) in [5.41, 5.74) is 0.719. The van der Waals surface area contributed by atoms with Gasteiger partial charge in [0.15, 0.2) is 5.49 Å². The zero-order valence-electron chi connectivity index (χ0n) is 5.50. The van der Waals surface area contributed by atoms with E-state index in [4.69, 9.17) is 10.8 Å². The van der Waals surface area contributed by atoms with Gasteiger partial charge in [0.1, 0.15) is 12.7 Å². The van der Waals surface area contributed by atoms with Gasteiger partial charge in [-0.25, -0.2) is 9.67 Å². The van der Waals surface area contributed by atoms with E-state index in [1.807, 2.05) is 0 Å². The molecular weight excluding hydrogens is 130 g/mol. The first-order valence-corrected chi connectivity index (χ1v) is 2.71. The van der Waals surface area contributed by atoms with Gasteiger partial charge < -0.3 is 0 Å². The highest BCUT2D eigenvalue weighted by molar-refractivity contribution is 5.51. The molecule has 0 fully saturated rings. The quantitative estimate of drug-likeness (QED) is 0.405. The lowest BCUT2D eigenvalue weighted by Crippen LogP contribution is -2.25. The second kappa shape index (κ2) is 2.38. The van der Waals surface area contributed by atoms with E-state index < -0.39 is 0 Å². The predicted octanol–water partition coefficient (Wildman–Crippen LogP) is -0.479. The van der Waals surface area contributed by atoms with Crippen molar-refractivity contribution in [1.29, 1.82) is 10.8 Å². The van der Waals surface area contributed by atoms with Gasteiger partial charge in [-0.15, -0.1) is 0 Å². The maximum atomic E-state index is 7.28. The third-order valence-electron chi connectivity index (χ3n) is 1.12. The van der Waals surface area contributed by atoms with Crippen LogP contribution in [0.2, 0.25) is 0 Å². The van der Waals surface area contributed by atoms with Crippen molar-refractivity contribution in [3.8, 4) is 0 Å². The van der Waals surface area contributed by atoms with Crippen molar-refractivity contribution < 1.29 is 0 Å². The Hall–Kier alpha value is -1.52. The molecule has 10 heavy (non-hydrogen) atoms. The fraction of sp³-hybridized carbons (Fsp3) is 0.200. The molecule has 5 heteroatoms. The van der Waals surface area contributed by atoms with Gasteiger partial charge in [-0.05, 0) is 6.92 Å². The minimum atomic E-state index is 0.150. The van der Waals surface area contributed by atoms with E-state index in [1.54, 1.807) is 6.92 Å². The normalized spacial score (nSPS) is 9.30. The van der Waals surface area contributed by atoms with Crippen LogP contribution in [0.25, 0.3) is 0 Å². The number of nitrogens with one attached hydrogen (secondary N) is 2. The number of rotatable bonds is 1. The van der Waals surface area contributed by atoms with Crippen molar-refractivity contribution in [3.05, 3.63) is 17.5 Å². The van der Waals surface area contributed by atoms with Gasteiger partial charge in [0, 0.05) is 0 Å². The Morgan fingerprint density at radius 3 is 2.90 bits per heavy atom. The summed E-state index contributed by atoms with van der Waals surface area (Å²) in [6, 6.07) is 0. The summed E-state index contributed by atoms with van der Waals surface area (Å²) in [5.74, 6) is 0. The number of aromatic nitrogens is 3. The van der Waals surface area contributed by atoms with Gasteiger partial charge >= 0.3 is 0 Å². The van der Waals surface area contributed by atoms with E-state index in [0.29, 0.717) is 5.69 Å². The highest BCUT2D eigenvalue weighted by Gasteiger charge is 1.91. The van der Waals surface area contributed by atoms with Crippen molar-refractivity contribution >= 4 is 6.34 Å². The summed E-state index contributed by atoms with van der Waals surface area (Å²) in [6.07, 6.45) is 2.29. The molecule has 52 valence electrons. The summed E-state index contributed by atoms with van der Waals surface area (Å²) in [7, 11) is 0. The molecule has 1 aromatic rings. The van der Waals surface area contributed by atoms with Crippen molar-refractivity contribution in [2.24, 2.45) is 0 Å². The molecule has 0 radical (unpaired) electrons. The molecule has 0 saturated carbocycles. The van der Waals surface area contributed by atoms with Crippen LogP contribution in [0.15, 0.2) is 6.33 Å². The van der Waals surface area contributed by atoms with Gasteiger partial charge in [0.05, 0.1) is 5.69 Å². The molecule has 0 aromatic carbocycles. The van der Waals surface area contributed by atoms with Crippen LogP contribution in [0.1, 0.15) is 5.69 Å². The highest BCUT2D eigenvalue weighted by atomic mass is 15.3. The largest absolute Gasteiger partial charge is 0.289 e. The molecule has 1 heterocycles. The predicted molar refractivity (Wildman–Crippen MR) is 34.8 cm³/mol. The molecular formula is C5H7N5. The van der Waals surface area contributed by atoms with E-state index in [9.17, 15) is 0 Å². The summed E-state index contributed by atoms with van der Waals surface area (Å²) in [4.78, 5) is 3.76. The number of aryl methyl sites for hydroxylation is 1. The number of hydrogen-bond acceptors (Lipinski definition) is 4. The van der Waals surface area contributed by atoms with Crippen LogP contribution in [0, 0.1) is 17.7 Å². The Morgan fingerprint density at radius 1 is 1.70 bits per heavy atom. The Bertz CT molecular complexity index is 299. The van der Waals surface area contributed by atoms with E-state index in [2.05, 4.69) is 10.1 Å². The van der Waals surface area contributed by atoms with Gasteiger partial charge in [-0.2, -0.15) is 5.10 Å². The average Bonchev–Trinajstić information content (AvgIpc) is 1.95. The second-order valence-corrected chi connectivity index (χ2v) is 1.77. The molecule has 0 unspecified atom stereocenters. The zero-order valence-corrected chi connectivity index (χ0v) is 5.50. The third kappa shape index (κ3) is 0.928. The van der Waals surface area contributed by atoms with Gasteiger partial charge in [0.2, 0.25) is 0 Å². The molecule has 0 bridgehead atoms. The average molecular weight is 137 g/mol. The Kier molecular flexibility index (Phi) is 1.57. The van der Waals surface area contributed by atoms with E-state index in [0.717, 1.165) is 11.0 Å². The fourth-order valence-electron chi connectivity index (χ4n) is 0.551. The molecule has 1 aromatic heterocycles. The van der Waals surface area contributed by atoms with Crippen molar-refractivity contribution in [2.45, 2.75) is 6.92 Å². The fourth-order valence-corrected chi connectivity index (χ4v) is 0.551. The van der Waals surface area contributed by atoms with Crippen LogP contribution in [0.3, 0.4) is 0 Å². The Morgan fingerprint density at radius 2 is 2.40 bits per heavy atom. The lowest BCUT2D eigenvalue weighted by atomic mass is 10.5. The van der Waals surface area contributed by atoms with Gasteiger partial charge in [-0.1, -0.05) is 0 Å². The lowest BCUT2D eigenvalue weighted by Gasteiger charge is -1.95. The topological polar surface area (TPSA) is 78.4 Å². The standard InChI is InChI=1S/C5H7N5/c1-4-5(7)10(2-6)9-3-8-4/h2-3,6-7H,1H3. The Labute approximate surface area is 57.4 Å². The smallest absolute Gasteiger partial charge is 0.169 e. The molecule has 0 aliphatic heterocycles. The van der Waals surface area contributed by atoms with Crippen LogP contribution in [-0.4, -0.2) is 21.1 Å². The van der Waals surface area contributed by atoms with Gasteiger partial charge in [-0.3, -0.25) is 10.8 Å². The van der Waals surface area contributed by atoms with Crippen LogP contribution < -0.4 is 5.49 Å². The molecule has 0 aliphatic carbocycles. The molecule has 5 nitrogen and oxygen atoms in total. The molecule has 0 spiro atoms. The SMILES string of the molecule is Cc1ncnn(C=N)c1=N.